The summed E-state index contributed by atoms with van der Waals surface area (Å²) < 4.78 is 37.6. The molecule has 0 bridgehead atoms. The van der Waals surface area contributed by atoms with Crippen molar-refractivity contribution in [1.29, 1.82) is 0 Å². The lowest BCUT2D eigenvalue weighted by atomic mass is 10.1. The highest BCUT2D eigenvalue weighted by molar-refractivity contribution is 6.00. The van der Waals surface area contributed by atoms with Crippen LogP contribution in [0.4, 0.5) is 23.7 Å². The predicted molar refractivity (Wildman–Crippen MR) is 68.1 cm³/mol. The SMILES string of the molecule is O=C(NCC1CC1)Nc1ccc(C(F)(F)F)cc1C(=O)O. The van der Waals surface area contributed by atoms with E-state index in [9.17, 15) is 22.8 Å². The highest BCUT2D eigenvalue weighted by Gasteiger charge is 2.32. The van der Waals surface area contributed by atoms with Crippen molar-refractivity contribution in [1.82, 2.24) is 5.32 Å². The summed E-state index contributed by atoms with van der Waals surface area (Å²) in [5.41, 5.74) is -1.86. The number of hydrogen-bond donors (Lipinski definition) is 3. The molecule has 1 aromatic rings. The molecule has 8 heteroatoms. The van der Waals surface area contributed by atoms with Crippen LogP contribution in [0, 0.1) is 5.92 Å². The van der Waals surface area contributed by atoms with Crippen molar-refractivity contribution in [2.24, 2.45) is 5.92 Å². The molecule has 0 radical (unpaired) electrons. The number of carboxylic acid groups (broad SMARTS) is 1. The zero-order valence-electron chi connectivity index (χ0n) is 10.8. The number of aromatic carboxylic acids is 1. The van der Waals surface area contributed by atoms with Crippen molar-refractivity contribution in [3.8, 4) is 0 Å². The Bertz CT molecular complexity index is 568. The number of carbonyl (C=O) groups is 2. The molecule has 0 unspecified atom stereocenters. The summed E-state index contributed by atoms with van der Waals surface area (Å²) in [7, 11) is 0. The van der Waals surface area contributed by atoms with Gasteiger partial charge in [0, 0.05) is 6.54 Å². The van der Waals surface area contributed by atoms with E-state index in [-0.39, 0.29) is 5.69 Å². The van der Waals surface area contributed by atoms with Crippen molar-refractivity contribution >= 4 is 17.7 Å². The maximum Gasteiger partial charge on any atom is 0.416 e. The van der Waals surface area contributed by atoms with Gasteiger partial charge in [-0.3, -0.25) is 0 Å². The van der Waals surface area contributed by atoms with Crippen LogP contribution in [-0.4, -0.2) is 23.7 Å². The average molecular weight is 302 g/mol. The maximum absolute atomic E-state index is 12.5. The minimum Gasteiger partial charge on any atom is -0.478 e. The molecule has 5 nitrogen and oxygen atoms in total. The molecule has 0 saturated heterocycles. The van der Waals surface area contributed by atoms with Crippen LogP contribution >= 0.6 is 0 Å². The lowest BCUT2D eigenvalue weighted by molar-refractivity contribution is -0.137. The zero-order valence-corrected chi connectivity index (χ0v) is 10.8. The number of anilines is 1. The Morgan fingerprint density at radius 3 is 2.48 bits per heavy atom. The molecule has 0 atom stereocenters. The number of carbonyl (C=O) groups excluding carboxylic acids is 1. The quantitative estimate of drug-likeness (QED) is 0.800. The average Bonchev–Trinajstić information content (AvgIpc) is 3.19. The Balaban J connectivity index is 2.13. The minimum absolute atomic E-state index is 0.177. The monoisotopic (exact) mass is 302 g/mol. The first-order valence-electron chi connectivity index (χ1n) is 6.27. The summed E-state index contributed by atoms with van der Waals surface area (Å²) in [4.78, 5) is 22.6. The fraction of sp³-hybridized carbons (Fsp3) is 0.385. The molecule has 1 fully saturated rings. The van der Waals surface area contributed by atoms with Crippen LogP contribution in [0.25, 0.3) is 0 Å². The summed E-state index contributed by atoms with van der Waals surface area (Å²) in [5.74, 6) is -1.11. The van der Waals surface area contributed by atoms with E-state index in [0.29, 0.717) is 18.5 Å². The van der Waals surface area contributed by atoms with Gasteiger partial charge in [-0.15, -0.1) is 0 Å². The minimum atomic E-state index is -4.64. The molecule has 0 aliphatic heterocycles. The first kappa shape index (κ1) is 15.1. The molecule has 114 valence electrons. The molecule has 0 aromatic heterocycles. The summed E-state index contributed by atoms with van der Waals surface area (Å²) in [6.07, 6.45) is -2.58. The molecule has 0 spiro atoms. The van der Waals surface area contributed by atoms with Crippen molar-refractivity contribution in [2.45, 2.75) is 19.0 Å². The predicted octanol–water partition coefficient (Wildman–Crippen LogP) is 2.94. The van der Waals surface area contributed by atoms with Gasteiger partial charge >= 0.3 is 18.2 Å². The highest BCUT2D eigenvalue weighted by Crippen LogP contribution is 2.32. The number of alkyl halides is 3. The second-order valence-electron chi connectivity index (χ2n) is 4.84. The Labute approximate surface area is 118 Å². The topological polar surface area (TPSA) is 78.4 Å². The van der Waals surface area contributed by atoms with Crippen molar-refractivity contribution in [2.75, 3.05) is 11.9 Å². The number of amides is 2. The molecular weight excluding hydrogens is 289 g/mol. The van der Waals surface area contributed by atoms with E-state index >= 15 is 0 Å². The molecule has 2 amide bonds. The van der Waals surface area contributed by atoms with Crippen LogP contribution in [0.15, 0.2) is 18.2 Å². The highest BCUT2D eigenvalue weighted by atomic mass is 19.4. The van der Waals surface area contributed by atoms with Gasteiger partial charge in [-0.05, 0) is 37.0 Å². The van der Waals surface area contributed by atoms with Crippen LogP contribution in [-0.2, 0) is 6.18 Å². The lowest BCUT2D eigenvalue weighted by Gasteiger charge is -2.12. The van der Waals surface area contributed by atoms with Gasteiger partial charge in [0.2, 0.25) is 0 Å². The fourth-order valence-corrected chi connectivity index (χ4v) is 1.73. The third-order valence-electron chi connectivity index (χ3n) is 3.07. The summed E-state index contributed by atoms with van der Waals surface area (Å²) in [5, 5.41) is 13.8. The third kappa shape index (κ3) is 4.11. The van der Waals surface area contributed by atoms with Crippen molar-refractivity contribution in [3.63, 3.8) is 0 Å². The maximum atomic E-state index is 12.5. The number of benzene rings is 1. The molecular formula is C13H13F3N2O3. The molecule has 21 heavy (non-hydrogen) atoms. The summed E-state index contributed by atoms with van der Waals surface area (Å²) in [6, 6.07) is 1.52. The van der Waals surface area contributed by atoms with Gasteiger partial charge in [-0.1, -0.05) is 0 Å². The number of halogens is 3. The van der Waals surface area contributed by atoms with E-state index in [0.717, 1.165) is 25.0 Å². The molecule has 3 N–H and O–H groups in total. The largest absolute Gasteiger partial charge is 0.478 e. The zero-order chi connectivity index (χ0) is 15.6. The van der Waals surface area contributed by atoms with Gasteiger partial charge in [0.15, 0.2) is 0 Å². The fourth-order valence-electron chi connectivity index (χ4n) is 1.73. The van der Waals surface area contributed by atoms with Crippen LogP contribution < -0.4 is 10.6 Å². The van der Waals surface area contributed by atoms with Gasteiger partial charge in [0.1, 0.15) is 0 Å². The Morgan fingerprint density at radius 1 is 1.29 bits per heavy atom. The Kier molecular flexibility index (Phi) is 4.06. The number of rotatable bonds is 4. The van der Waals surface area contributed by atoms with E-state index in [1.807, 2.05) is 0 Å². The second kappa shape index (κ2) is 5.63. The van der Waals surface area contributed by atoms with E-state index in [4.69, 9.17) is 5.11 Å². The first-order chi connectivity index (χ1) is 9.77. The molecule has 1 aromatic carbocycles. The normalized spacial score (nSPS) is 14.6. The molecule has 1 aliphatic rings. The number of urea groups is 1. The first-order valence-corrected chi connectivity index (χ1v) is 6.27. The van der Waals surface area contributed by atoms with Crippen molar-refractivity contribution in [3.05, 3.63) is 29.3 Å². The Morgan fingerprint density at radius 2 is 1.95 bits per heavy atom. The van der Waals surface area contributed by atoms with Gasteiger partial charge in [0.05, 0.1) is 16.8 Å². The number of hydrogen-bond acceptors (Lipinski definition) is 2. The summed E-state index contributed by atoms with van der Waals surface area (Å²) in [6.45, 7) is 0.467. The van der Waals surface area contributed by atoms with E-state index in [1.165, 1.54) is 0 Å². The van der Waals surface area contributed by atoms with Crippen LogP contribution in [0.3, 0.4) is 0 Å². The van der Waals surface area contributed by atoms with Crippen molar-refractivity contribution < 1.29 is 27.9 Å². The molecule has 0 heterocycles. The van der Waals surface area contributed by atoms with E-state index < -0.39 is 29.3 Å². The van der Waals surface area contributed by atoms with Gasteiger partial charge in [-0.25, -0.2) is 9.59 Å². The van der Waals surface area contributed by atoms with Gasteiger partial charge in [0.25, 0.3) is 0 Å². The molecule has 1 saturated carbocycles. The third-order valence-corrected chi connectivity index (χ3v) is 3.07. The second-order valence-corrected chi connectivity index (χ2v) is 4.84. The van der Waals surface area contributed by atoms with Gasteiger partial charge in [-0.2, -0.15) is 13.2 Å². The molecule has 1 aliphatic carbocycles. The number of carboxylic acids is 1. The summed E-state index contributed by atoms with van der Waals surface area (Å²) >= 11 is 0. The van der Waals surface area contributed by atoms with E-state index in [2.05, 4.69) is 10.6 Å². The smallest absolute Gasteiger partial charge is 0.416 e. The van der Waals surface area contributed by atoms with Crippen LogP contribution in [0.5, 0.6) is 0 Å². The van der Waals surface area contributed by atoms with Crippen LogP contribution in [0.1, 0.15) is 28.8 Å². The lowest BCUT2D eigenvalue weighted by Crippen LogP contribution is -2.31. The van der Waals surface area contributed by atoms with E-state index in [1.54, 1.807) is 0 Å². The number of nitrogens with one attached hydrogen (secondary N) is 2. The Hall–Kier alpha value is -2.25. The standard InChI is InChI=1S/C13H13F3N2O3/c14-13(15,16)8-3-4-10(9(5-8)11(19)20)18-12(21)17-6-7-1-2-7/h3-5,7H,1-2,6H2,(H,19,20)(H2,17,18,21). The van der Waals surface area contributed by atoms with Crippen LogP contribution in [0.2, 0.25) is 0 Å². The van der Waals surface area contributed by atoms with Gasteiger partial charge < -0.3 is 15.7 Å². The molecule has 2 rings (SSSR count).